The SMILES string of the molecule is CC(=O)C1CN(c2cc(C)c3c(=O)c(CN=O)cn(-c4ncns4)c3n2)C1. The lowest BCUT2D eigenvalue weighted by Crippen LogP contribution is -2.50. The summed E-state index contributed by atoms with van der Waals surface area (Å²) in [7, 11) is 0. The highest BCUT2D eigenvalue weighted by Gasteiger charge is 2.31. The third-order valence-corrected chi connectivity index (χ3v) is 5.45. The highest BCUT2D eigenvalue weighted by Crippen LogP contribution is 2.28. The summed E-state index contributed by atoms with van der Waals surface area (Å²) in [4.78, 5) is 46.0. The van der Waals surface area contributed by atoms with E-state index in [0.717, 1.165) is 17.1 Å². The molecule has 1 aliphatic heterocycles. The molecular formula is C17H16N6O3S. The Morgan fingerprint density at radius 1 is 1.41 bits per heavy atom. The van der Waals surface area contributed by atoms with Crippen LogP contribution in [0.15, 0.2) is 28.6 Å². The van der Waals surface area contributed by atoms with Gasteiger partial charge in [0.2, 0.25) is 5.13 Å². The molecule has 0 N–H and O–H groups in total. The number of aryl methyl sites for hydroxylation is 1. The maximum absolute atomic E-state index is 12.8. The minimum atomic E-state index is -0.257. The molecule has 138 valence electrons. The van der Waals surface area contributed by atoms with E-state index in [1.807, 2.05) is 17.9 Å². The van der Waals surface area contributed by atoms with Gasteiger partial charge in [0.1, 0.15) is 24.5 Å². The Labute approximate surface area is 157 Å². The van der Waals surface area contributed by atoms with Crippen molar-refractivity contribution >= 4 is 34.2 Å². The highest BCUT2D eigenvalue weighted by atomic mass is 32.1. The fraction of sp³-hybridized carbons (Fsp3) is 0.353. The lowest BCUT2D eigenvalue weighted by Gasteiger charge is -2.39. The van der Waals surface area contributed by atoms with Crippen LogP contribution in [-0.2, 0) is 11.3 Å². The maximum Gasteiger partial charge on any atom is 0.214 e. The molecule has 0 aromatic carbocycles. The molecule has 9 nitrogen and oxygen atoms in total. The Hall–Kier alpha value is -3.01. The van der Waals surface area contributed by atoms with E-state index in [4.69, 9.17) is 0 Å². The van der Waals surface area contributed by atoms with E-state index < -0.39 is 0 Å². The van der Waals surface area contributed by atoms with Gasteiger partial charge in [0.15, 0.2) is 11.1 Å². The van der Waals surface area contributed by atoms with E-state index in [0.29, 0.717) is 35.1 Å². The Balaban J connectivity index is 1.91. The van der Waals surface area contributed by atoms with Gasteiger partial charge in [-0.1, -0.05) is 5.18 Å². The number of nitroso groups, excluding NO2 is 1. The quantitative estimate of drug-likeness (QED) is 0.617. The van der Waals surface area contributed by atoms with E-state index >= 15 is 0 Å². The van der Waals surface area contributed by atoms with Crippen molar-refractivity contribution in [3.8, 4) is 5.13 Å². The predicted octanol–water partition coefficient (Wildman–Crippen LogP) is 1.84. The third kappa shape index (κ3) is 2.91. The molecule has 1 fully saturated rings. The number of aromatic nitrogens is 4. The minimum Gasteiger partial charge on any atom is -0.355 e. The molecule has 4 rings (SSSR count). The molecule has 4 heterocycles. The Kier molecular flexibility index (Phi) is 4.27. The lowest BCUT2D eigenvalue weighted by atomic mass is 9.96. The van der Waals surface area contributed by atoms with Crippen molar-refractivity contribution in [1.82, 2.24) is 18.9 Å². The van der Waals surface area contributed by atoms with Gasteiger partial charge in [0.05, 0.1) is 11.3 Å². The summed E-state index contributed by atoms with van der Waals surface area (Å²) in [6, 6.07) is 1.84. The number of pyridine rings is 2. The zero-order chi connectivity index (χ0) is 19.1. The van der Waals surface area contributed by atoms with Crippen molar-refractivity contribution in [2.45, 2.75) is 20.4 Å². The summed E-state index contributed by atoms with van der Waals surface area (Å²) >= 11 is 1.16. The molecule has 0 amide bonds. The van der Waals surface area contributed by atoms with E-state index in [9.17, 15) is 14.5 Å². The molecule has 0 spiro atoms. The summed E-state index contributed by atoms with van der Waals surface area (Å²) in [5.41, 5.74) is 1.23. The first-order chi connectivity index (χ1) is 13.0. The van der Waals surface area contributed by atoms with Crippen molar-refractivity contribution in [3.05, 3.63) is 44.8 Å². The zero-order valence-electron chi connectivity index (χ0n) is 14.7. The Bertz CT molecular complexity index is 1100. The van der Waals surface area contributed by atoms with Gasteiger partial charge in [-0.05, 0) is 25.5 Å². The van der Waals surface area contributed by atoms with Crippen LogP contribution in [0.3, 0.4) is 0 Å². The van der Waals surface area contributed by atoms with Crippen molar-refractivity contribution in [2.75, 3.05) is 18.0 Å². The smallest absolute Gasteiger partial charge is 0.214 e. The Morgan fingerprint density at radius 2 is 2.19 bits per heavy atom. The monoisotopic (exact) mass is 384 g/mol. The van der Waals surface area contributed by atoms with Gasteiger partial charge in [0.25, 0.3) is 0 Å². The van der Waals surface area contributed by atoms with E-state index in [1.54, 1.807) is 17.7 Å². The number of hydrogen-bond donors (Lipinski definition) is 0. The zero-order valence-corrected chi connectivity index (χ0v) is 15.6. The van der Waals surface area contributed by atoms with Crippen LogP contribution >= 0.6 is 11.5 Å². The van der Waals surface area contributed by atoms with E-state index in [1.165, 1.54) is 6.33 Å². The number of carbonyl (C=O) groups is 1. The van der Waals surface area contributed by atoms with Gasteiger partial charge in [-0.2, -0.15) is 9.28 Å². The second kappa shape index (κ2) is 6.62. The first-order valence-electron chi connectivity index (χ1n) is 8.37. The minimum absolute atomic E-state index is 0.0224. The standard InChI is InChI=1S/C17H16N6O3S/c1-9-3-13(22-5-12(6-22)10(2)24)21-16-14(9)15(25)11(4-19-26)7-23(16)17-18-8-20-27-17/h3,7-8,12H,4-6H2,1-2H3. The third-order valence-electron chi connectivity index (χ3n) is 4.79. The average molecular weight is 384 g/mol. The summed E-state index contributed by atoms with van der Waals surface area (Å²) < 4.78 is 5.69. The van der Waals surface area contributed by atoms with Gasteiger partial charge in [-0.25, -0.2) is 9.97 Å². The number of hydrogen-bond acceptors (Lipinski definition) is 9. The predicted molar refractivity (Wildman–Crippen MR) is 101 cm³/mol. The van der Waals surface area contributed by atoms with Crippen molar-refractivity contribution < 1.29 is 4.79 Å². The maximum atomic E-state index is 12.8. The number of nitrogens with zero attached hydrogens (tertiary/aromatic N) is 6. The second-order valence-electron chi connectivity index (χ2n) is 6.57. The molecular weight excluding hydrogens is 368 g/mol. The normalized spacial score (nSPS) is 14.4. The van der Waals surface area contributed by atoms with Gasteiger partial charge < -0.3 is 4.90 Å². The van der Waals surface area contributed by atoms with Gasteiger partial charge >= 0.3 is 0 Å². The molecule has 0 atom stereocenters. The average Bonchev–Trinajstić information content (AvgIpc) is 3.09. The van der Waals surface area contributed by atoms with Gasteiger partial charge in [-0.3, -0.25) is 14.2 Å². The summed E-state index contributed by atoms with van der Waals surface area (Å²) in [5.74, 6) is 0.895. The fourth-order valence-electron chi connectivity index (χ4n) is 3.22. The molecule has 0 saturated carbocycles. The first-order valence-corrected chi connectivity index (χ1v) is 9.14. The molecule has 27 heavy (non-hydrogen) atoms. The van der Waals surface area contributed by atoms with Crippen LogP contribution in [0.1, 0.15) is 18.1 Å². The number of rotatable bonds is 5. The van der Waals surface area contributed by atoms with E-state index in [-0.39, 0.29) is 29.2 Å². The van der Waals surface area contributed by atoms with Crippen molar-refractivity contribution in [3.63, 3.8) is 0 Å². The molecule has 3 aromatic heterocycles. The van der Waals surface area contributed by atoms with Crippen LogP contribution in [-0.4, -0.2) is 37.8 Å². The molecule has 10 heteroatoms. The molecule has 0 unspecified atom stereocenters. The van der Waals surface area contributed by atoms with Crippen LogP contribution in [0.4, 0.5) is 5.82 Å². The molecule has 0 bridgehead atoms. The number of Topliss-reactive ketones (excluding diaryl/α,β-unsaturated/α-hetero) is 1. The van der Waals surface area contributed by atoms with Crippen LogP contribution in [0.25, 0.3) is 16.2 Å². The topological polar surface area (TPSA) is 110 Å². The van der Waals surface area contributed by atoms with Gasteiger partial charge in [0, 0.05) is 36.4 Å². The van der Waals surface area contributed by atoms with Crippen LogP contribution in [0.2, 0.25) is 0 Å². The summed E-state index contributed by atoms with van der Waals surface area (Å²) in [6.07, 6.45) is 2.97. The summed E-state index contributed by atoms with van der Waals surface area (Å²) in [6.45, 7) is 4.44. The number of anilines is 1. The van der Waals surface area contributed by atoms with E-state index in [2.05, 4.69) is 19.5 Å². The molecule has 1 aliphatic rings. The second-order valence-corrected chi connectivity index (χ2v) is 7.33. The largest absolute Gasteiger partial charge is 0.355 e. The molecule has 0 aliphatic carbocycles. The molecule has 3 aromatic rings. The number of fused-ring (bicyclic) bond motifs is 1. The Morgan fingerprint density at radius 3 is 2.81 bits per heavy atom. The van der Waals surface area contributed by atoms with Crippen molar-refractivity contribution in [2.24, 2.45) is 11.1 Å². The summed E-state index contributed by atoms with van der Waals surface area (Å²) in [5, 5.41) is 3.83. The first kappa shape index (κ1) is 17.4. The number of ketones is 1. The fourth-order valence-corrected chi connectivity index (χ4v) is 3.73. The van der Waals surface area contributed by atoms with Crippen LogP contribution < -0.4 is 10.3 Å². The molecule has 1 saturated heterocycles. The molecule has 0 radical (unpaired) electrons. The van der Waals surface area contributed by atoms with Crippen LogP contribution in [0.5, 0.6) is 0 Å². The number of carbonyl (C=O) groups excluding carboxylic acids is 1. The van der Waals surface area contributed by atoms with Gasteiger partial charge in [-0.15, -0.1) is 0 Å². The highest BCUT2D eigenvalue weighted by molar-refractivity contribution is 7.08. The lowest BCUT2D eigenvalue weighted by molar-refractivity contribution is -0.121. The van der Waals surface area contributed by atoms with Crippen molar-refractivity contribution in [1.29, 1.82) is 0 Å². The van der Waals surface area contributed by atoms with Crippen LogP contribution in [0, 0.1) is 17.7 Å².